The summed E-state index contributed by atoms with van der Waals surface area (Å²) in [5.41, 5.74) is -3.11. The van der Waals surface area contributed by atoms with Crippen molar-refractivity contribution in [3.05, 3.63) is 66.7 Å². The van der Waals surface area contributed by atoms with Crippen molar-refractivity contribution in [3.63, 3.8) is 0 Å². The third-order valence-corrected chi connectivity index (χ3v) is 15.2. The van der Waals surface area contributed by atoms with Gasteiger partial charge in [-0.1, -0.05) is 33.3 Å². The maximum absolute atomic E-state index is 13.0. The molecule has 247 valence electrons. The van der Waals surface area contributed by atoms with Gasteiger partial charge in [-0.15, -0.1) is 11.3 Å². The molecule has 0 N–H and O–H groups in total. The number of rotatable bonds is 10. The Hall–Kier alpha value is -3.06. The number of nitrogens with zero attached hydrogens (tertiary/aromatic N) is 1. The minimum atomic E-state index is -5.81. The standard InChI is InChI=1S/C34H39F3NO5S2Si/c1-33(2,3)46(4,5)43-26-14-12-24(13-15-26)32-31(25-10-9-11-27(22-25)41-21-20-38-18-7-6-8-19-38)29-17-16-28(23-30(29)44-32)42-45(39,40)34(35,36)37/h9,11-17,22-23H,6-8,18-21H2,1-5H3. The Morgan fingerprint density at radius 2 is 1.59 bits per heavy atom. The molecule has 3 aromatic carbocycles. The highest BCUT2D eigenvalue weighted by atomic mass is 32.2. The third kappa shape index (κ3) is 7.72. The second-order valence-electron chi connectivity index (χ2n) is 13.0. The fourth-order valence-electron chi connectivity index (χ4n) is 5.05. The number of likely N-dealkylation sites (tertiary alicyclic amines) is 1. The second kappa shape index (κ2) is 13.2. The van der Waals surface area contributed by atoms with E-state index in [4.69, 9.17) is 9.16 Å². The zero-order valence-electron chi connectivity index (χ0n) is 26.7. The maximum atomic E-state index is 13.0. The van der Waals surface area contributed by atoms with Crippen LogP contribution in [0.25, 0.3) is 31.7 Å². The molecule has 46 heavy (non-hydrogen) atoms. The van der Waals surface area contributed by atoms with Crippen molar-refractivity contribution in [2.24, 2.45) is 0 Å². The lowest BCUT2D eigenvalue weighted by atomic mass is 9.98. The molecule has 0 aliphatic carbocycles. The van der Waals surface area contributed by atoms with Crippen LogP contribution in [0.4, 0.5) is 13.2 Å². The first-order chi connectivity index (χ1) is 21.5. The van der Waals surface area contributed by atoms with E-state index in [1.807, 2.05) is 36.4 Å². The van der Waals surface area contributed by atoms with E-state index in [0.29, 0.717) is 17.1 Å². The minimum Gasteiger partial charge on any atom is -0.544 e. The quantitative estimate of drug-likeness (QED) is 0.0939. The van der Waals surface area contributed by atoms with Gasteiger partial charge in [-0.2, -0.15) is 21.6 Å². The van der Waals surface area contributed by atoms with E-state index in [1.165, 1.54) is 42.7 Å². The summed E-state index contributed by atoms with van der Waals surface area (Å²) >= 11 is 1.33. The summed E-state index contributed by atoms with van der Waals surface area (Å²) < 4.78 is 80.2. The number of hydrogen-bond donors (Lipinski definition) is 0. The van der Waals surface area contributed by atoms with Crippen LogP contribution in [-0.2, 0) is 10.1 Å². The van der Waals surface area contributed by atoms with Crippen molar-refractivity contribution in [2.45, 2.75) is 63.7 Å². The summed E-state index contributed by atoms with van der Waals surface area (Å²) in [4.78, 5) is 3.24. The number of piperidine rings is 1. The highest BCUT2D eigenvalue weighted by Gasteiger charge is 2.48. The predicted molar refractivity (Wildman–Crippen MR) is 181 cm³/mol. The van der Waals surface area contributed by atoms with Crippen molar-refractivity contribution in [3.8, 4) is 38.8 Å². The monoisotopic (exact) mass is 690 g/mol. The van der Waals surface area contributed by atoms with Gasteiger partial charge in [0.15, 0.2) is 0 Å². The topological polar surface area (TPSA) is 65.1 Å². The smallest absolute Gasteiger partial charge is 0.534 e. The van der Waals surface area contributed by atoms with Crippen LogP contribution < -0.4 is 13.3 Å². The molecule has 1 saturated heterocycles. The molecule has 1 aliphatic rings. The molecular weight excluding hydrogens is 652 g/mol. The van der Waals surface area contributed by atoms with Gasteiger partial charge in [0.2, 0.25) is 8.32 Å². The number of ether oxygens (including phenoxy) is 1. The van der Waals surface area contributed by atoms with Crippen LogP contribution in [0.2, 0.25) is 18.1 Å². The summed E-state index contributed by atoms with van der Waals surface area (Å²) in [6.45, 7) is 14.4. The van der Waals surface area contributed by atoms with Crippen LogP contribution in [0.15, 0.2) is 60.7 Å². The first-order valence-corrected chi connectivity index (χ1v) is 20.4. The molecule has 1 radical (unpaired) electrons. The molecule has 1 aliphatic heterocycles. The van der Waals surface area contributed by atoms with E-state index in [0.717, 1.165) is 52.3 Å². The largest absolute Gasteiger partial charge is 0.544 e. The van der Waals surface area contributed by atoms with Crippen LogP contribution in [0.3, 0.4) is 0 Å². The number of hydrogen-bond acceptors (Lipinski definition) is 7. The molecule has 0 amide bonds. The normalized spacial score (nSPS) is 15.2. The lowest BCUT2D eigenvalue weighted by molar-refractivity contribution is -0.0500. The van der Waals surface area contributed by atoms with Crippen molar-refractivity contribution in [1.82, 2.24) is 4.90 Å². The molecule has 2 heterocycles. The first-order valence-electron chi connectivity index (χ1n) is 15.3. The summed E-state index contributed by atoms with van der Waals surface area (Å²) in [5.74, 6) is 1.04. The zero-order valence-corrected chi connectivity index (χ0v) is 29.3. The van der Waals surface area contributed by atoms with Gasteiger partial charge in [0.25, 0.3) is 0 Å². The average molecular weight is 691 g/mol. The molecule has 12 heteroatoms. The van der Waals surface area contributed by atoms with Crippen LogP contribution in [0.1, 0.15) is 40.0 Å². The van der Waals surface area contributed by atoms with Crippen LogP contribution in [-0.4, -0.2) is 53.4 Å². The van der Waals surface area contributed by atoms with E-state index >= 15 is 0 Å². The molecule has 1 fully saturated rings. The van der Waals surface area contributed by atoms with Gasteiger partial charge in [-0.25, -0.2) is 0 Å². The van der Waals surface area contributed by atoms with Crippen LogP contribution in [0.5, 0.6) is 17.2 Å². The summed E-state index contributed by atoms with van der Waals surface area (Å²) in [7, 11) is -7.88. The summed E-state index contributed by atoms with van der Waals surface area (Å²) in [6.07, 6.45) is 3.68. The van der Waals surface area contributed by atoms with E-state index in [2.05, 4.69) is 49.0 Å². The highest BCUT2D eigenvalue weighted by Crippen LogP contribution is 2.47. The number of benzene rings is 3. The number of alkyl halides is 3. The van der Waals surface area contributed by atoms with Crippen molar-refractivity contribution < 1.29 is 34.9 Å². The molecule has 0 bridgehead atoms. The number of fused-ring (bicyclic) bond motifs is 1. The number of thiophene rings is 1. The van der Waals surface area contributed by atoms with Gasteiger partial charge < -0.3 is 13.3 Å². The van der Waals surface area contributed by atoms with E-state index in [-0.39, 0.29) is 5.04 Å². The maximum Gasteiger partial charge on any atom is 0.534 e. The SMILES string of the molecule is CC(C)(C)[Si](C)(C)Oc1ccc(-c2sc3cc(OS(=O)(=O)C(F)(F)F)ccc3c2-c2[c]ccc(OCCN3CCCCC3)c2)cc1. The molecule has 0 saturated carbocycles. The Balaban J connectivity index is 1.51. The fourth-order valence-corrected chi connectivity index (χ4v) is 7.78. The molecule has 0 atom stereocenters. The Morgan fingerprint density at radius 3 is 2.24 bits per heavy atom. The van der Waals surface area contributed by atoms with Gasteiger partial charge in [0, 0.05) is 27.1 Å². The Morgan fingerprint density at radius 1 is 0.913 bits per heavy atom. The third-order valence-electron chi connectivity index (χ3n) is 8.61. The summed E-state index contributed by atoms with van der Waals surface area (Å²) in [6, 6.07) is 20.8. The van der Waals surface area contributed by atoms with Crippen LogP contribution in [0, 0.1) is 6.07 Å². The number of halogens is 3. The van der Waals surface area contributed by atoms with E-state index < -0.39 is 29.7 Å². The molecule has 0 unspecified atom stereocenters. The molecule has 5 rings (SSSR count). The highest BCUT2D eigenvalue weighted by molar-refractivity contribution is 7.88. The van der Waals surface area contributed by atoms with Crippen molar-refractivity contribution in [1.29, 1.82) is 0 Å². The first kappa shape index (κ1) is 34.3. The Labute approximate surface area is 274 Å². The van der Waals surface area contributed by atoms with E-state index in [1.54, 1.807) is 12.1 Å². The Kier molecular flexibility index (Phi) is 9.84. The lowest BCUT2D eigenvalue weighted by Crippen LogP contribution is -2.43. The van der Waals surface area contributed by atoms with Gasteiger partial charge >= 0.3 is 15.6 Å². The average Bonchev–Trinajstić information content (AvgIpc) is 3.35. The Bertz CT molecular complexity index is 1780. The van der Waals surface area contributed by atoms with Crippen LogP contribution >= 0.6 is 11.3 Å². The molecule has 4 aromatic rings. The molecular formula is C34H39F3NO5S2Si. The fraction of sp³-hybridized carbons (Fsp3) is 0.412. The molecule has 0 spiro atoms. The summed E-state index contributed by atoms with van der Waals surface area (Å²) in [5, 5.41) is 0.750. The predicted octanol–water partition coefficient (Wildman–Crippen LogP) is 9.51. The minimum absolute atomic E-state index is 0.0282. The second-order valence-corrected chi connectivity index (χ2v) is 20.3. The van der Waals surface area contributed by atoms with Crippen molar-refractivity contribution >= 4 is 39.9 Å². The molecule has 6 nitrogen and oxygen atoms in total. The van der Waals surface area contributed by atoms with Gasteiger partial charge in [0.1, 0.15) is 23.9 Å². The van der Waals surface area contributed by atoms with Gasteiger partial charge in [-0.05, 0) is 116 Å². The van der Waals surface area contributed by atoms with Crippen molar-refractivity contribution in [2.75, 3.05) is 26.2 Å². The lowest BCUT2D eigenvalue weighted by Gasteiger charge is -2.36. The van der Waals surface area contributed by atoms with Gasteiger partial charge in [0.05, 0.1) is 0 Å². The zero-order chi connectivity index (χ0) is 33.3. The van der Waals surface area contributed by atoms with Gasteiger partial charge in [-0.3, -0.25) is 4.90 Å². The van der Waals surface area contributed by atoms with E-state index in [9.17, 15) is 21.6 Å². The molecule has 1 aromatic heterocycles.